The molecule has 1 N–H and O–H groups in total. The number of aliphatic hydroxyl groups is 1. The first-order valence-corrected chi connectivity index (χ1v) is 38.1. The summed E-state index contributed by atoms with van der Waals surface area (Å²) in [4.78, 5) is 27.9. The van der Waals surface area contributed by atoms with Crippen LogP contribution < -0.4 is 21.2 Å². The third-order valence-corrected chi connectivity index (χ3v) is 27.1. The van der Waals surface area contributed by atoms with Crippen LogP contribution in [-0.2, 0) is 39.1 Å². The lowest BCUT2D eigenvalue weighted by Gasteiger charge is -2.40. The highest BCUT2D eigenvalue weighted by Gasteiger charge is 2.54. The summed E-state index contributed by atoms with van der Waals surface area (Å²) in [6.07, 6.45) is 0. The lowest BCUT2D eigenvalue weighted by molar-refractivity contribution is 0.0760. The van der Waals surface area contributed by atoms with Gasteiger partial charge in [0.25, 0.3) is 0 Å². The molecule has 0 fully saturated rings. The Bertz CT molecular complexity index is 2610. The second-order valence-corrected chi connectivity index (χ2v) is 41.7. The summed E-state index contributed by atoms with van der Waals surface area (Å²) < 4.78 is 55.5. The van der Waals surface area contributed by atoms with E-state index in [-0.39, 0.29) is 24.3 Å². The predicted molar refractivity (Wildman–Crippen MR) is 290 cm³/mol. The Kier molecular flexibility index (Phi) is 17.9. The lowest BCUT2D eigenvalue weighted by atomic mass is 10.0. The van der Waals surface area contributed by atoms with Gasteiger partial charge in [0, 0.05) is 32.3 Å². The van der Waals surface area contributed by atoms with Crippen LogP contribution in [0.15, 0.2) is 146 Å². The van der Waals surface area contributed by atoms with Crippen LogP contribution in [0, 0.1) is 27.7 Å². The molecule has 0 aliphatic heterocycles. The van der Waals surface area contributed by atoms with E-state index in [0.717, 1.165) is 33.4 Å². The minimum absolute atomic E-state index is 0.0921. The van der Waals surface area contributed by atoms with Crippen molar-refractivity contribution in [3.63, 3.8) is 0 Å². The topological polar surface area (TPSA) is 125 Å². The fourth-order valence-electron chi connectivity index (χ4n) is 8.04. The number of benzene rings is 6. The van der Waals surface area contributed by atoms with Crippen molar-refractivity contribution in [1.29, 1.82) is 0 Å². The maximum absolute atomic E-state index is 14.8. The van der Waals surface area contributed by atoms with Gasteiger partial charge < -0.3 is 31.0 Å². The summed E-state index contributed by atoms with van der Waals surface area (Å²) in [5.74, 6) is 0. The SMILES string of the molecule is Cc1cc(CO)cc(C)c1C(=O)P(=O)(c1ccccc1)c1ccccc1.Cc1cc(CO[Si](O[Si](C)(C)C)(O[Si](C)(C)C)O[Si](C)(C)C)cc(C)c1C(=O)P(=O)(c1ccccc1)c1ccccc1. The molecule has 0 aliphatic carbocycles. The smallest absolute Gasteiger partial charge is 0.395 e. The zero-order valence-corrected chi connectivity index (χ0v) is 47.7. The van der Waals surface area contributed by atoms with Crippen molar-refractivity contribution in [3.05, 3.63) is 190 Å². The molecule has 0 saturated carbocycles. The highest BCUT2D eigenvalue weighted by molar-refractivity contribution is 7.94. The van der Waals surface area contributed by atoms with E-state index >= 15 is 0 Å². The maximum atomic E-state index is 14.8. The fraction of sp³-hybridized carbons (Fsp3) is 0.283. The molecule has 0 saturated heterocycles. The molecule has 0 aromatic heterocycles. The summed E-state index contributed by atoms with van der Waals surface area (Å²) in [5.41, 5.74) is 4.80. The number of rotatable bonds is 18. The van der Waals surface area contributed by atoms with Crippen molar-refractivity contribution >= 4 is 80.6 Å². The standard InChI is InChI=1S/C31H47O6PSi4.C22H21O3P/c1-25-22-27(24-34-42(35-39(3,4)5,36-40(6,7)8)37-41(9,10)11)23-26(2)30(25)31(32)38(33,28-18-14-12-15-19-28)29-20-16-13-17-21-29;1-16-13-18(15-23)14-17(2)21(16)22(24)26(25,19-9-5-3-6-10-19)20-11-7-4-8-12-20/h12-23H,24H2,1-11H3;3-14,23H,15H2,1-2H3. The van der Waals surface area contributed by atoms with Crippen molar-refractivity contribution in [2.75, 3.05) is 0 Å². The molecule has 15 heteroatoms. The molecular weight excluding hydrogens is 955 g/mol. The number of hydrogen-bond acceptors (Lipinski definition) is 9. The first kappa shape index (κ1) is 54.7. The fourth-order valence-corrected chi connectivity index (χ4v) is 25.0. The zero-order valence-electron chi connectivity index (χ0n) is 41.9. The molecule has 0 aliphatic rings. The number of carbonyl (C=O) groups excluding carboxylic acids is 2. The highest BCUT2D eigenvalue weighted by Crippen LogP contribution is 2.49. The zero-order chi connectivity index (χ0) is 50.3. The monoisotopic (exact) mass is 1020 g/mol. The Hall–Kier alpha value is -4.21. The van der Waals surface area contributed by atoms with Gasteiger partial charge >= 0.3 is 9.05 Å². The molecule has 6 rings (SSSR count). The molecule has 9 nitrogen and oxygen atoms in total. The maximum Gasteiger partial charge on any atom is 0.647 e. The first-order chi connectivity index (χ1) is 31.7. The van der Waals surface area contributed by atoms with Gasteiger partial charge in [0.15, 0.2) is 25.0 Å². The summed E-state index contributed by atoms with van der Waals surface area (Å²) in [5, 5.41) is 11.5. The molecule has 6 aromatic carbocycles. The minimum atomic E-state index is -3.63. The van der Waals surface area contributed by atoms with E-state index in [0.29, 0.717) is 32.3 Å². The molecule has 0 atom stereocenters. The van der Waals surface area contributed by atoms with Crippen molar-refractivity contribution in [2.45, 2.75) is 99.8 Å². The van der Waals surface area contributed by atoms with Crippen LogP contribution >= 0.6 is 14.3 Å². The van der Waals surface area contributed by atoms with Crippen molar-refractivity contribution < 1.29 is 40.6 Å². The van der Waals surface area contributed by atoms with E-state index in [1.165, 1.54) is 0 Å². The van der Waals surface area contributed by atoms with E-state index in [2.05, 4.69) is 58.9 Å². The Balaban J connectivity index is 0.000000283. The van der Waals surface area contributed by atoms with Gasteiger partial charge in [-0.2, -0.15) is 0 Å². The van der Waals surface area contributed by atoms with Gasteiger partial charge in [-0.1, -0.05) is 146 Å². The summed E-state index contributed by atoms with van der Waals surface area (Å²) in [7, 11) is -17.0. The summed E-state index contributed by atoms with van der Waals surface area (Å²) in [6, 6.07) is 43.4. The van der Waals surface area contributed by atoms with E-state index in [4.69, 9.17) is 16.8 Å². The summed E-state index contributed by atoms with van der Waals surface area (Å²) in [6.45, 7) is 26.6. The Morgan fingerprint density at radius 3 is 0.926 bits per heavy atom. The van der Waals surface area contributed by atoms with Crippen LogP contribution in [0.2, 0.25) is 58.9 Å². The molecule has 0 heterocycles. The average molecular weight is 1020 g/mol. The van der Waals surface area contributed by atoms with E-state index in [1.807, 2.05) is 88.4 Å². The van der Waals surface area contributed by atoms with Gasteiger partial charge in [0.2, 0.25) is 25.3 Å². The van der Waals surface area contributed by atoms with Crippen LogP contribution in [0.5, 0.6) is 0 Å². The van der Waals surface area contributed by atoms with Crippen LogP contribution in [0.3, 0.4) is 0 Å². The third kappa shape index (κ3) is 13.6. The van der Waals surface area contributed by atoms with Gasteiger partial charge in [0.1, 0.15) is 0 Å². The van der Waals surface area contributed by atoms with Gasteiger partial charge in [-0.3, -0.25) is 9.59 Å². The van der Waals surface area contributed by atoms with Gasteiger partial charge in [-0.15, -0.1) is 0 Å². The van der Waals surface area contributed by atoms with E-state index in [1.54, 1.807) is 84.9 Å². The highest BCUT2D eigenvalue weighted by atomic mass is 31.2. The van der Waals surface area contributed by atoms with Crippen LogP contribution in [0.25, 0.3) is 0 Å². The lowest BCUT2D eigenvalue weighted by Crippen LogP contribution is -2.62. The number of hydrogen-bond donors (Lipinski definition) is 1. The quantitative estimate of drug-likeness (QED) is 0.0661. The minimum Gasteiger partial charge on any atom is -0.395 e. The number of aliphatic hydroxyl groups excluding tert-OH is 1. The second-order valence-electron chi connectivity index (χ2n) is 20.0. The van der Waals surface area contributed by atoms with Gasteiger partial charge in [0.05, 0.1) is 13.2 Å². The predicted octanol–water partition coefficient (Wildman–Crippen LogP) is 11.9. The molecule has 0 amide bonds. The number of aryl methyl sites for hydroxylation is 4. The van der Waals surface area contributed by atoms with Crippen LogP contribution in [0.4, 0.5) is 0 Å². The third-order valence-electron chi connectivity index (χ3n) is 10.6. The molecule has 68 heavy (non-hydrogen) atoms. The van der Waals surface area contributed by atoms with E-state index < -0.39 is 48.3 Å². The second kappa shape index (κ2) is 22.3. The largest absolute Gasteiger partial charge is 0.647 e. The normalized spacial score (nSPS) is 12.6. The summed E-state index contributed by atoms with van der Waals surface area (Å²) >= 11 is 0. The molecular formula is C53H68O9P2Si4. The van der Waals surface area contributed by atoms with Gasteiger partial charge in [-0.25, -0.2) is 0 Å². The molecule has 360 valence electrons. The number of carbonyl (C=O) groups is 2. The Morgan fingerprint density at radius 2 is 0.691 bits per heavy atom. The van der Waals surface area contributed by atoms with Crippen molar-refractivity contribution in [3.8, 4) is 0 Å². The Morgan fingerprint density at radius 1 is 0.441 bits per heavy atom. The molecule has 0 bridgehead atoms. The first-order valence-electron chi connectivity index (χ1n) is 22.8. The molecule has 0 radical (unpaired) electrons. The van der Waals surface area contributed by atoms with Crippen LogP contribution in [0.1, 0.15) is 54.1 Å². The van der Waals surface area contributed by atoms with Crippen molar-refractivity contribution in [2.24, 2.45) is 0 Å². The molecule has 6 aromatic rings. The molecule has 0 spiro atoms. The van der Waals surface area contributed by atoms with Crippen molar-refractivity contribution in [1.82, 2.24) is 0 Å². The van der Waals surface area contributed by atoms with Crippen LogP contribution in [-0.4, -0.2) is 50.2 Å². The average Bonchev–Trinajstić information content (AvgIpc) is 3.26. The van der Waals surface area contributed by atoms with E-state index in [9.17, 15) is 23.8 Å². The van der Waals surface area contributed by atoms with Gasteiger partial charge in [-0.05, 0) is 120 Å². The molecule has 0 unspecified atom stereocenters. The Labute approximate surface area is 408 Å².